The third-order valence-corrected chi connectivity index (χ3v) is 3.45. The first-order chi connectivity index (χ1) is 10.1. The number of nitrogens with zero attached hydrogens (tertiary/aromatic N) is 3. The molecule has 2 N–H and O–H groups in total. The van der Waals surface area contributed by atoms with Crippen LogP contribution in [0.5, 0.6) is 5.75 Å². The Kier molecular flexibility index (Phi) is 5.33. The highest BCUT2D eigenvalue weighted by Gasteiger charge is 2.08. The van der Waals surface area contributed by atoms with Gasteiger partial charge in [-0.1, -0.05) is 19.1 Å². The third kappa shape index (κ3) is 4.29. The molecule has 0 spiro atoms. The topological polar surface area (TPSA) is 66.0 Å². The molecule has 0 saturated carbocycles. The van der Waals surface area contributed by atoms with Gasteiger partial charge in [0.05, 0.1) is 0 Å². The second-order valence-corrected chi connectivity index (χ2v) is 5.52. The van der Waals surface area contributed by atoms with Crippen LogP contribution >= 0.6 is 0 Å². The van der Waals surface area contributed by atoms with Crippen molar-refractivity contribution in [3.05, 3.63) is 42.0 Å². The maximum atomic E-state index is 5.96. The fourth-order valence-electron chi connectivity index (χ4n) is 2.13. The van der Waals surface area contributed by atoms with E-state index in [0.717, 1.165) is 24.4 Å². The van der Waals surface area contributed by atoms with E-state index < -0.39 is 0 Å². The van der Waals surface area contributed by atoms with Gasteiger partial charge in [-0.25, -0.2) is 9.67 Å². The van der Waals surface area contributed by atoms with Gasteiger partial charge in [-0.15, -0.1) is 0 Å². The van der Waals surface area contributed by atoms with E-state index in [-0.39, 0.29) is 12.1 Å². The minimum Gasteiger partial charge on any atom is -0.486 e. The summed E-state index contributed by atoms with van der Waals surface area (Å²) in [6.07, 6.45) is 3.45. The van der Waals surface area contributed by atoms with Gasteiger partial charge in [0.1, 0.15) is 18.7 Å². The van der Waals surface area contributed by atoms with Gasteiger partial charge in [0, 0.05) is 12.1 Å². The molecule has 1 aromatic carbocycles. The van der Waals surface area contributed by atoms with E-state index in [2.05, 4.69) is 43.0 Å². The monoisotopic (exact) mass is 288 g/mol. The molecule has 0 bridgehead atoms. The van der Waals surface area contributed by atoms with Crippen molar-refractivity contribution in [2.75, 3.05) is 0 Å². The Morgan fingerprint density at radius 2 is 1.95 bits per heavy atom. The van der Waals surface area contributed by atoms with Crippen LogP contribution in [-0.4, -0.2) is 20.8 Å². The maximum Gasteiger partial charge on any atom is 0.165 e. The lowest BCUT2D eigenvalue weighted by atomic mass is 10.0. The van der Waals surface area contributed by atoms with E-state index in [1.54, 1.807) is 6.33 Å². The summed E-state index contributed by atoms with van der Waals surface area (Å²) in [6, 6.07) is 8.60. The molecular formula is C16H24N4O. The Bertz CT molecular complexity index is 548. The lowest BCUT2D eigenvalue weighted by Gasteiger charge is -2.11. The quantitative estimate of drug-likeness (QED) is 0.850. The molecule has 1 atom stereocenters. The molecule has 0 fully saturated rings. The molecule has 1 aromatic heterocycles. The highest BCUT2D eigenvalue weighted by Crippen LogP contribution is 2.15. The summed E-state index contributed by atoms with van der Waals surface area (Å²) in [4.78, 5) is 4.23. The van der Waals surface area contributed by atoms with Gasteiger partial charge in [-0.3, -0.25) is 0 Å². The van der Waals surface area contributed by atoms with Crippen molar-refractivity contribution in [3.8, 4) is 5.75 Å². The Labute approximate surface area is 126 Å². The maximum absolute atomic E-state index is 5.96. The molecule has 0 amide bonds. The second-order valence-electron chi connectivity index (χ2n) is 5.52. The van der Waals surface area contributed by atoms with Crippen molar-refractivity contribution < 1.29 is 4.74 Å². The van der Waals surface area contributed by atoms with Gasteiger partial charge in [-0.05, 0) is 44.4 Å². The van der Waals surface area contributed by atoms with E-state index in [1.807, 2.05) is 16.8 Å². The summed E-state index contributed by atoms with van der Waals surface area (Å²) in [7, 11) is 0. The Hall–Kier alpha value is -1.88. The molecule has 1 unspecified atom stereocenters. The highest BCUT2D eigenvalue weighted by molar-refractivity contribution is 5.27. The second kappa shape index (κ2) is 7.22. The minimum atomic E-state index is 0.223. The largest absolute Gasteiger partial charge is 0.486 e. The fraction of sp³-hybridized carbons (Fsp3) is 0.500. The van der Waals surface area contributed by atoms with Gasteiger partial charge in [0.25, 0.3) is 0 Å². The number of hydrogen-bond donors (Lipinski definition) is 1. The molecule has 1 heterocycles. The van der Waals surface area contributed by atoms with Crippen LogP contribution in [0.25, 0.3) is 0 Å². The number of ether oxygens (including phenoxy) is 1. The molecule has 21 heavy (non-hydrogen) atoms. The van der Waals surface area contributed by atoms with E-state index in [9.17, 15) is 0 Å². The van der Waals surface area contributed by atoms with Crippen LogP contribution in [0, 0.1) is 0 Å². The fourth-order valence-corrected chi connectivity index (χ4v) is 2.13. The van der Waals surface area contributed by atoms with Gasteiger partial charge < -0.3 is 10.5 Å². The van der Waals surface area contributed by atoms with E-state index in [0.29, 0.717) is 6.61 Å². The van der Waals surface area contributed by atoms with Gasteiger partial charge in [-0.2, -0.15) is 5.10 Å². The first-order valence-corrected chi connectivity index (χ1v) is 7.45. The summed E-state index contributed by atoms with van der Waals surface area (Å²) < 4.78 is 7.64. The zero-order valence-electron chi connectivity index (χ0n) is 13.0. The molecule has 0 aliphatic carbocycles. The molecule has 0 aliphatic rings. The number of rotatable bonds is 7. The van der Waals surface area contributed by atoms with Crippen molar-refractivity contribution in [2.45, 2.75) is 52.3 Å². The number of nitrogens with two attached hydrogens (primary N) is 1. The average Bonchev–Trinajstić information content (AvgIpc) is 2.95. The molecule has 0 radical (unpaired) electrons. The van der Waals surface area contributed by atoms with Crippen LogP contribution in [0.4, 0.5) is 0 Å². The molecule has 5 heteroatoms. The van der Waals surface area contributed by atoms with E-state index in [1.165, 1.54) is 5.56 Å². The van der Waals surface area contributed by atoms with Crippen molar-refractivity contribution in [1.29, 1.82) is 0 Å². The smallest absolute Gasteiger partial charge is 0.165 e. The first-order valence-electron chi connectivity index (χ1n) is 7.45. The minimum absolute atomic E-state index is 0.223. The van der Waals surface area contributed by atoms with Crippen LogP contribution in [0.1, 0.15) is 44.6 Å². The number of hydrogen-bond acceptors (Lipinski definition) is 4. The van der Waals surface area contributed by atoms with Crippen LogP contribution in [-0.2, 0) is 13.0 Å². The van der Waals surface area contributed by atoms with E-state index in [4.69, 9.17) is 10.5 Å². The highest BCUT2D eigenvalue weighted by atomic mass is 16.5. The Balaban J connectivity index is 1.93. The lowest BCUT2D eigenvalue weighted by Crippen LogP contribution is -2.21. The van der Waals surface area contributed by atoms with Crippen LogP contribution in [0.15, 0.2) is 30.6 Å². The zero-order chi connectivity index (χ0) is 15.2. The molecule has 2 rings (SSSR count). The SMILES string of the molecule is CCC(N)Cc1ccc(OCc2ncnn2C(C)C)cc1. The average molecular weight is 288 g/mol. The van der Waals surface area contributed by atoms with E-state index >= 15 is 0 Å². The van der Waals surface area contributed by atoms with Crippen molar-refractivity contribution in [3.63, 3.8) is 0 Å². The summed E-state index contributed by atoms with van der Waals surface area (Å²) >= 11 is 0. The number of benzene rings is 1. The zero-order valence-corrected chi connectivity index (χ0v) is 13.0. The molecule has 0 aliphatic heterocycles. The Morgan fingerprint density at radius 1 is 1.24 bits per heavy atom. The molecular weight excluding hydrogens is 264 g/mol. The van der Waals surface area contributed by atoms with Gasteiger partial charge in [0.15, 0.2) is 5.82 Å². The third-order valence-electron chi connectivity index (χ3n) is 3.45. The van der Waals surface area contributed by atoms with Gasteiger partial charge >= 0.3 is 0 Å². The predicted molar refractivity (Wildman–Crippen MR) is 83.2 cm³/mol. The Morgan fingerprint density at radius 3 is 2.57 bits per heavy atom. The van der Waals surface area contributed by atoms with Crippen LogP contribution < -0.4 is 10.5 Å². The van der Waals surface area contributed by atoms with Crippen molar-refractivity contribution in [1.82, 2.24) is 14.8 Å². The lowest BCUT2D eigenvalue weighted by molar-refractivity contribution is 0.282. The predicted octanol–water partition coefficient (Wildman–Crippen LogP) is 2.72. The van der Waals surface area contributed by atoms with Gasteiger partial charge in [0.2, 0.25) is 0 Å². The molecule has 2 aromatic rings. The molecule has 5 nitrogen and oxygen atoms in total. The summed E-state index contributed by atoms with van der Waals surface area (Å²) in [6.45, 7) is 6.67. The van der Waals surface area contributed by atoms with Crippen molar-refractivity contribution >= 4 is 0 Å². The summed E-state index contributed by atoms with van der Waals surface area (Å²) in [5.74, 6) is 1.67. The summed E-state index contributed by atoms with van der Waals surface area (Å²) in [5, 5.41) is 4.20. The van der Waals surface area contributed by atoms with Crippen LogP contribution in [0.2, 0.25) is 0 Å². The normalized spacial score (nSPS) is 12.6. The summed E-state index contributed by atoms with van der Waals surface area (Å²) in [5.41, 5.74) is 7.20. The standard InChI is InChI=1S/C16H24N4O/c1-4-14(17)9-13-5-7-15(8-6-13)21-10-16-18-11-19-20(16)12(2)3/h5-8,11-12,14H,4,9-10,17H2,1-3H3. The number of aromatic nitrogens is 3. The van der Waals surface area contributed by atoms with Crippen LogP contribution in [0.3, 0.4) is 0 Å². The molecule has 114 valence electrons. The molecule has 0 saturated heterocycles. The van der Waals surface area contributed by atoms with Crippen molar-refractivity contribution in [2.24, 2.45) is 5.73 Å². The first kappa shape index (κ1) is 15.5.